The highest BCUT2D eigenvalue weighted by atomic mass is 16.6. The van der Waals surface area contributed by atoms with Crippen molar-refractivity contribution in [3.05, 3.63) is 46.0 Å². The third-order valence-electron chi connectivity index (χ3n) is 3.45. The van der Waals surface area contributed by atoms with Crippen LogP contribution in [0.25, 0.3) is 0 Å². The van der Waals surface area contributed by atoms with Gasteiger partial charge in [-0.05, 0) is 17.4 Å². The van der Waals surface area contributed by atoms with Gasteiger partial charge in [-0.1, -0.05) is 44.2 Å². The Labute approximate surface area is 117 Å². The van der Waals surface area contributed by atoms with E-state index in [2.05, 4.69) is 4.99 Å². The van der Waals surface area contributed by atoms with Gasteiger partial charge >= 0.3 is 6.04 Å². The Kier molecular flexibility index (Phi) is 3.97. The van der Waals surface area contributed by atoms with Gasteiger partial charge in [-0.3, -0.25) is 19.9 Å². The second kappa shape index (κ2) is 5.53. The van der Waals surface area contributed by atoms with Crippen LogP contribution < -0.4 is 0 Å². The average Bonchev–Trinajstić information content (AvgIpc) is 2.35. The molecule has 5 heteroatoms. The molecule has 1 aliphatic carbocycles. The Bertz CT molecular complexity index is 549. The molecule has 0 heterocycles. The van der Waals surface area contributed by atoms with E-state index in [0.717, 1.165) is 5.56 Å². The molecule has 0 aromatic heterocycles. The van der Waals surface area contributed by atoms with E-state index in [1.165, 1.54) is 0 Å². The van der Waals surface area contributed by atoms with Crippen molar-refractivity contribution in [3.8, 4) is 0 Å². The summed E-state index contributed by atoms with van der Waals surface area (Å²) in [5.74, 6) is -0.335. The number of benzene rings is 1. The molecule has 2 rings (SSSR count). The molecule has 1 aromatic rings. The highest BCUT2D eigenvalue weighted by Crippen LogP contribution is 2.33. The number of ketones is 1. The normalized spacial score (nSPS) is 23.8. The predicted octanol–water partition coefficient (Wildman–Crippen LogP) is 2.66. The van der Waals surface area contributed by atoms with E-state index in [1.807, 2.05) is 44.2 Å². The number of carbonyl (C=O) groups is 1. The van der Waals surface area contributed by atoms with E-state index >= 15 is 0 Å². The molecular formula is C15H18N2O3. The summed E-state index contributed by atoms with van der Waals surface area (Å²) in [5, 5.41) is 11.1. The fraction of sp³-hybridized carbons (Fsp3) is 0.467. The first-order chi connectivity index (χ1) is 9.39. The molecule has 1 aromatic carbocycles. The molecule has 5 nitrogen and oxygen atoms in total. The minimum absolute atomic E-state index is 0.239. The summed E-state index contributed by atoms with van der Waals surface area (Å²) in [6.45, 7) is 4.27. The van der Waals surface area contributed by atoms with Gasteiger partial charge in [0, 0.05) is 11.3 Å². The van der Waals surface area contributed by atoms with Crippen molar-refractivity contribution in [3.63, 3.8) is 0 Å². The average molecular weight is 274 g/mol. The lowest BCUT2D eigenvalue weighted by Crippen LogP contribution is -2.46. The summed E-state index contributed by atoms with van der Waals surface area (Å²) in [4.78, 5) is 26.9. The maximum atomic E-state index is 12.0. The zero-order valence-electron chi connectivity index (χ0n) is 11.7. The summed E-state index contributed by atoms with van der Waals surface area (Å²) in [7, 11) is 0. The zero-order chi connectivity index (χ0) is 14.8. The van der Waals surface area contributed by atoms with Crippen molar-refractivity contribution in [2.75, 3.05) is 0 Å². The van der Waals surface area contributed by atoms with E-state index in [9.17, 15) is 14.9 Å². The first-order valence-electron chi connectivity index (χ1n) is 6.62. The standard InChI is InChI=1S/C15H18N2O3/c1-15(2)8-12(14(17(19)20)13(18)9-15)16-10-11-6-4-3-5-7-11/h3-7,14H,8-10H2,1-2H3. The van der Waals surface area contributed by atoms with E-state index in [0.29, 0.717) is 18.7 Å². The summed E-state index contributed by atoms with van der Waals surface area (Å²) < 4.78 is 0. The molecule has 1 aliphatic rings. The molecule has 106 valence electrons. The highest BCUT2D eigenvalue weighted by Gasteiger charge is 2.45. The van der Waals surface area contributed by atoms with Gasteiger partial charge in [0.25, 0.3) is 0 Å². The Morgan fingerprint density at radius 2 is 1.95 bits per heavy atom. The van der Waals surface area contributed by atoms with Crippen molar-refractivity contribution in [2.45, 2.75) is 39.3 Å². The Hall–Kier alpha value is -2.04. The van der Waals surface area contributed by atoms with Crippen molar-refractivity contribution >= 4 is 11.5 Å². The van der Waals surface area contributed by atoms with Gasteiger partial charge in [0.05, 0.1) is 12.3 Å². The molecule has 1 unspecified atom stereocenters. The maximum Gasteiger partial charge on any atom is 0.307 e. The van der Waals surface area contributed by atoms with Crippen molar-refractivity contribution < 1.29 is 9.72 Å². The van der Waals surface area contributed by atoms with Crippen molar-refractivity contribution in [1.29, 1.82) is 0 Å². The fourth-order valence-corrected chi connectivity index (χ4v) is 2.56. The van der Waals surface area contributed by atoms with E-state index < -0.39 is 11.0 Å². The third-order valence-corrected chi connectivity index (χ3v) is 3.45. The molecule has 1 fully saturated rings. The van der Waals surface area contributed by atoms with Gasteiger partial charge < -0.3 is 0 Å². The molecule has 20 heavy (non-hydrogen) atoms. The Morgan fingerprint density at radius 1 is 1.30 bits per heavy atom. The van der Waals surface area contributed by atoms with Gasteiger partial charge in [0.15, 0.2) is 0 Å². The first-order valence-corrected chi connectivity index (χ1v) is 6.62. The number of carbonyl (C=O) groups excluding carboxylic acids is 1. The second-order valence-electron chi connectivity index (χ2n) is 5.97. The molecule has 0 amide bonds. The molecule has 0 aliphatic heterocycles. The van der Waals surface area contributed by atoms with Gasteiger partial charge in [-0.2, -0.15) is 0 Å². The number of nitrogens with zero attached hydrogens (tertiary/aromatic N) is 2. The van der Waals surface area contributed by atoms with Gasteiger partial charge in [0.1, 0.15) is 0 Å². The molecular weight excluding hydrogens is 256 g/mol. The van der Waals surface area contributed by atoms with Crippen LogP contribution in [0, 0.1) is 15.5 Å². The second-order valence-corrected chi connectivity index (χ2v) is 5.97. The molecule has 0 bridgehead atoms. The van der Waals surface area contributed by atoms with Crippen LogP contribution in [0.5, 0.6) is 0 Å². The quantitative estimate of drug-likeness (QED) is 0.628. The van der Waals surface area contributed by atoms with Gasteiger partial charge in [-0.25, -0.2) is 0 Å². The molecule has 0 saturated heterocycles. The zero-order valence-corrected chi connectivity index (χ0v) is 11.7. The van der Waals surface area contributed by atoms with E-state index in [4.69, 9.17) is 0 Å². The molecule has 0 spiro atoms. The summed E-state index contributed by atoms with van der Waals surface area (Å²) in [5.41, 5.74) is 1.14. The van der Waals surface area contributed by atoms with Crippen molar-refractivity contribution in [1.82, 2.24) is 0 Å². The lowest BCUT2D eigenvalue weighted by Gasteiger charge is -2.30. The molecule has 1 atom stereocenters. The number of hydrogen-bond acceptors (Lipinski definition) is 4. The third kappa shape index (κ3) is 3.29. The Morgan fingerprint density at radius 3 is 2.55 bits per heavy atom. The molecule has 1 saturated carbocycles. The molecule has 0 radical (unpaired) electrons. The first kappa shape index (κ1) is 14.4. The van der Waals surface area contributed by atoms with Gasteiger partial charge in [-0.15, -0.1) is 0 Å². The topological polar surface area (TPSA) is 72.6 Å². The number of Topliss-reactive ketones (excluding diaryl/α,β-unsaturated/α-hetero) is 1. The highest BCUT2D eigenvalue weighted by molar-refractivity contribution is 6.10. The SMILES string of the molecule is CC1(C)CC(=O)C([N+](=O)[O-])C(=NCc2ccccc2)C1. The molecule has 0 N–H and O–H groups in total. The summed E-state index contributed by atoms with van der Waals surface area (Å²) >= 11 is 0. The van der Waals surface area contributed by atoms with E-state index in [-0.39, 0.29) is 17.6 Å². The minimum Gasteiger partial charge on any atom is -0.291 e. The van der Waals surface area contributed by atoms with Crippen LogP contribution in [0.15, 0.2) is 35.3 Å². The van der Waals surface area contributed by atoms with Crippen molar-refractivity contribution in [2.24, 2.45) is 10.4 Å². The van der Waals surface area contributed by atoms with Crippen LogP contribution in [-0.2, 0) is 11.3 Å². The smallest absolute Gasteiger partial charge is 0.291 e. The number of rotatable bonds is 3. The maximum absolute atomic E-state index is 12.0. The Balaban J connectivity index is 2.24. The van der Waals surface area contributed by atoms with Crippen LogP contribution in [0.3, 0.4) is 0 Å². The lowest BCUT2D eigenvalue weighted by molar-refractivity contribution is -0.490. The fourth-order valence-electron chi connectivity index (χ4n) is 2.56. The van der Waals surface area contributed by atoms with Crippen LogP contribution in [0.1, 0.15) is 32.3 Å². The minimum atomic E-state index is -1.26. The summed E-state index contributed by atoms with van der Waals surface area (Å²) in [6.07, 6.45) is 0.736. The monoisotopic (exact) mass is 274 g/mol. The van der Waals surface area contributed by atoms with Crippen LogP contribution >= 0.6 is 0 Å². The van der Waals surface area contributed by atoms with Crippen LogP contribution in [0.4, 0.5) is 0 Å². The number of hydrogen-bond donors (Lipinski definition) is 0. The van der Waals surface area contributed by atoms with Crippen LogP contribution in [-0.4, -0.2) is 22.5 Å². The largest absolute Gasteiger partial charge is 0.307 e. The number of nitro groups is 1. The van der Waals surface area contributed by atoms with Crippen LogP contribution in [0.2, 0.25) is 0 Å². The van der Waals surface area contributed by atoms with Gasteiger partial charge in [0.2, 0.25) is 5.78 Å². The van der Waals surface area contributed by atoms with E-state index in [1.54, 1.807) is 0 Å². The predicted molar refractivity (Wildman–Crippen MR) is 76.4 cm³/mol. The number of aliphatic imine (C=N–C) groups is 1. The lowest BCUT2D eigenvalue weighted by atomic mass is 9.74. The summed E-state index contributed by atoms with van der Waals surface area (Å²) in [6, 6.07) is 8.28.